The summed E-state index contributed by atoms with van der Waals surface area (Å²) in [6.45, 7) is 3.69. The summed E-state index contributed by atoms with van der Waals surface area (Å²) in [5.41, 5.74) is 0.949. The van der Waals surface area contributed by atoms with Crippen LogP contribution < -0.4 is 4.74 Å². The highest BCUT2D eigenvalue weighted by atomic mass is 16.5. The molecule has 0 saturated carbocycles. The Morgan fingerprint density at radius 3 is 2.90 bits per heavy atom. The van der Waals surface area contributed by atoms with E-state index in [1.807, 2.05) is 17.0 Å². The van der Waals surface area contributed by atoms with E-state index in [-0.39, 0.29) is 23.7 Å². The summed E-state index contributed by atoms with van der Waals surface area (Å²) in [6.07, 6.45) is 5.01. The number of aryl methyl sites for hydroxylation is 1. The van der Waals surface area contributed by atoms with Crippen LogP contribution >= 0.6 is 0 Å². The van der Waals surface area contributed by atoms with Crippen LogP contribution in [0, 0.1) is 12.8 Å². The number of phenolic OH excluding ortho intramolecular Hbond substituents is 1. The number of carbonyl (C=O) groups is 1. The first-order valence-corrected chi connectivity index (χ1v) is 10.3. The second-order valence-corrected chi connectivity index (χ2v) is 8.18. The molecule has 1 amide bonds. The summed E-state index contributed by atoms with van der Waals surface area (Å²) in [7, 11) is 0. The molecule has 3 aliphatic rings. The Morgan fingerprint density at radius 1 is 1.28 bits per heavy atom. The van der Waals surface area contributed by atoms with E-state index in [1.54, 1.807) is 25.3 Å². The van der Waals surface area contributed by atoms with Gasteiger partial charge in [-0.25, -0.2) is 9.97 Å². The smallest absolute Gasteiger partial charge is 0.272 e. The highest BCUT2D eigenvalue weighted by molar-refractivity contribution is 5.92. The van der Waals surface area contributed by atoms with Gasteiger partial charge < -0.3 is 19.5 Å². The van der Waals surface area contributed by atoms with E-state index < -0.39 is 5.60 Å². The summed E-state index contributed by atoms with van der Waals surface area (Å²) in [5, 5.41) is 10.4. The van der Waals surface area contributed by atoms with E-state index in [4.69, 9.17) is 9.47 Å². The first-order chi connectivity index (χ1) is 14.1. The van der Waals surface area contributed by atoms with Crippen LogP contribution in [0.1, 0.15) is 53.7 Å². The van der Waals surface area contributed by atoms with Crippen molar-refractivity contribution in [1.82, 2.24) is 14.9 Å². The number of phenols is 1. The SMILES string of the molecule is Cc1nccc(C(=O)N2CCC3(CC2)Oc2c(O)cccc2[C@H]2OCCC[C@@H]23)n1. The number of carbonyl (C=O) groups excluding carboxylic acids is 1. The molecule has 2 fully saturated rings. The molecule has 1 spiro atoms. The van der Waals surface area contributed by atoms with Gasteiger partial charge >= 0.3 is 0 Å². The number of fused-ring (bicyclic) bond motifs is 4. The van der Waals surface area contributed by atoms with Crippen molar-refractivity contribution in [1.29, 1.82) is 0 Å². The largest absolute Gasteiger partial charge is 0.504 e. The Hall–Kier alpha value is -2.67. The lowest BCUT2D eigenvalue weighted by Crippen LogP contribution is -2.57. The molecule has 4 heterocycles. The van der Waals surface area contributed by atoms with Gasteiger partial charge in [-0.15, -0.1) is 0 Å². The molecule has 1 N–H and O–H groups in total. The number of amides is 1. The van der Waals surface area contributed by atoms with Crippen LogP contribution in [0.2, 0.25) is 0 Å². The van der Waals surface area contributed by atoms with Gasteiger partial charge in [-0.2, -0.15) is 0 Å². The Kier molecular flexibility index (Phi) is 4.42. The van der Waals surface area contributed by atoms with Gasteiger partial charge in [0.1, 0.15) is 17.1 Å². The highest BCUT2D eigenvalue weighted by Gasteiger charge is 2.53. The summed E-state index contributed by atoms with van der Waals surface area (Å²) >= 11 is 0. The van der Waals surface area contributed by atoms with Crippen LogP contribution in [-0.2, 0) is 4.74 Å². The molecule has 0 radical (unpaired) electrons. The molecule has 0 bridgehead atoms. The average Bonchev–Trinajstić information content (AvgIpc) is 2.75. The Bertz CT molecular complexity index is 939. The zero-order chi connectivity index (χ0) is 20.0. The first-order valence-electron chi connectivity index (χ1n) is 10.3. The number of piperidine rings is 1. The van der Waals surface area contributed by atoms with Gasteiger partial charge in [-0.3, -0.25) is 4.79 Å². The fourth-order valence-electron chi connectivity index (χ4n) is 5.08. The highest BCUT2D eigenvalue weighted by Crippen LogP contribution is 2.55. The van der Waals surface area contributed by atoms with Gasteiger partial charge in [-0.05, 0) is 31.9 Å². The van der Waals surface area contributed by atoms with Crippen LogP contribution in [0.25, 0.3) is 0 Å². The summed E-state index contributed by atoms with van der Waals surface area (Å²) in [5.74, 6) is 1.45. The molecule has 2 saturated heterocycles. The third kappa shape index (κ3) is 3.04. The minimum Gasteiger partial charge on any atom is -0.504 e. The standard InChI is InChI=1S/C22H25N3O4/c1-14-23-10-7-17(24-14)21(27)25-11-8-22(9-12-25)16-5-3-13-28-19(16)15-4-2-6-18(26)20(15)29-22/h2,4,6-7,10,16,19,26H,3,5,8-9,11-13H2,1H3/t16-,19+/m0/s1. The topological polar surface area (TPSA) is 84.8 Å². The van der Waals surface area contributed by atoms with Crippen molar-refractivity contribution in [2.24, 2.45) is 5.92 Å². The molecular formula is C22H25N3O4. The van der Waals surface area contributed by atoms with Crippen molar-refractivity contribution in [3.05, 3.63) is 47.5 Å². The molecule has 29 heavy (non-hydrogen) atoms. The molecular weight excluding hydrogens is 370 g/mol. The third-order valence-corrected chi connectivity index (χ3v) is 6.53. The number of para-hydroxylation sites is 1. The maximum absolute atomic E-state index is 12.9. The number of likely N-dealkylation sites (tertiary alicyclic amines) is 1. The number of nitrogens with zero attached hydrogens (tertiary/aromatic N) is 3. The van der Waals surface area contributed by atoms with Gasteiger partial charge in [0.15, 0.2) is 11.5 Å². The van der Waals surface area contributed by atoms with Crippen LogP contribution in [0.4, 0.5) is 0 Å². The maximum Gasteiger partial charge on any atom is 0.272 e. The molecule has 0 aliphatic carbocycles. The normalized spacial score (nSPS) is 25.1. The zero-order valence-electron chi connectivity index (χ0n) is 16.5. The molecule has 0 unspecified atom stereocenters. The quantitative estimate of drug-likeness (QED) is 0.799. The molecule has 2 atom stereocenters. The summed E-state index contributed by atoms with van der Waals surface area (Å²) in [6, 6.07) is 7.15. The fraction of sp³-hybridized carbons (Fsp3) is 0.500. The van der Waals surface area contributed by atoms with Crippen molar-refractivity contribution in [2.75, 3.05) is 19.7 Å². The monoisotopic (exact) mass is 395 g/mol. The molecule has 5 rings (SSSR count). The molecule has 152 valence electrons. The Morgan fingerprint density at radius 2 is 2.10 bits per heavy atom. The molecule has 2 aromatic rings. The minimum absolute atomic E-state index is 0.0636. The van der Waals surface area contributed by atoms with E-state index in [0.29, 0.717) is 43.2 Å². The Balaban J connectivity index is 1.40. The molecule has 3 aliphatic heterocycles. The van der Waals surface area contributed by atoms with E-state index in [9.17, 15) is 9.90 Å². The number of aromatic hydroxyl groups is 1. The average molecular weight is 395 g/mol. The molecule has 1 aromatic carbocycles. The van der Waals surface area contributed by atoms with Crippen molar-refractivity contribution in [2.45, 2.75) is 44.3 Å². The van der Waals surface area contributed by atoms with Crippen LogP contribution in [0.5, 0.6) is 11.5 Å². The predicted octanol–water partition coefficient (Wildman–Crippen LogP) is 3.03. The zero-order valence-corrected chi connectivity index (χ0v) is 16.5. The number of benzene rings is 1. The Labute approximate surface area is 169 Å². The van der Waals surface area contributed by atoms with Gasteiger partial charge in [0.25, 0.3) is 5.91 Å². The van der Waals surface area contributed by atoms with Gasteiger partial charge in [0.05, 0.1) is 6.10 Å². The van der Waals surface area contributed by atoms with E-state index in [0.717, 1.165) is 25.0 Å². The lowest BCUT2D eigenvalue weighted by atomic mass is 9.70. The van der Waals surface area contributed by atoms with Crippen LogP contribution in [-0.4, -0.2) is 51.2 Å². The van der Waals surface area contributed by atoms with Crippen LogP contribution in [0.15, 0.2) is 30.5 Å². The number of rotatable bonds is 1. The second kappa shape index (κ2) is 6.99. The number of hydrogen-bond donors (Lipinski definition) is 1. The first kappa shape index (κ1) is 18.4. The predicted molar refractivity (Wildman–Crippen MR) is 105 cm³/mol. The van der Waals surface area contributed by atoms with Crippen molar-refractivity contribution in [3.63, 3.8) is 0 Å². The minimum atomic E-state index is -0.421. The summed E-state index contributed by atoms with van der Waals surface area (Å²) in [4.78, 5) is 23.1. The van der Waals surface area contributed by atoms with Gasteiger partial charge in [0.2, 0.25) is 0 Å². The lowest BCUT2D eigenvalue weighted by molar-refractivity contribution is -0.147. The molecule has 7 heteroatoms. The number of aromatic nitrogens is 2. The number of hydrogen-bond acceptors (Lipinski definition) is 6. The number of ether oxygens (including phenoxy) is 2. The van der Waals surface area contributed by atoms with Gasteiger partial charge in [-0.1, -0.05) is 12.1 Å². The van der Waals surface area contributed by atoms with Crippen molar-refractivity contribution >= 4 is 5.91 Å². The van der Waals surface area contributed by atoms with Crippen molar-refractivity contribution < 1.29 is 19.4 Å². The van der Waals surface area contributed by atoms with E-state index >= 15 is 0 Å². The van der Waals surface area contributed by atoms with Crippen LogP contribution in [0.3, 0.4) is 0 Å². The van der Waals surface area contributed by atoms with E-state index in [1.165, 1.54) is 0 Å². The van der Waals surface area contributed by atoms with Gasteiger partial charge in [0, 0.05) is 50.2 Å². The fourth-order valence-corrected chi connectivity index (χ4v) is 5.08. The van der Waals surface area contributed by atoms with E-state index in [2.05, 4.69) is 9.97 Å². The maximum atomic E-state index is 12.9. The van der Waals surface area contributed by atoms with Crippen molar-refractivity contribution in [3.8, 4) is 11.5 Å². The third-order valence-electron chi connectivity index (χ3n) is 6.53. The molecule has 1 aromatic heterocycles. The second-order valence-electron chi connectivity index (χ2n) is 8.18. The molecule has 7 nitrogen and oxygen atoms in total. The summed E-state index contributed by atoms with van der Waals surface area (Å²) < 4.78 is 12.7. The lowest BCUT2D eigenvalue weighted by Gasteiger charge is -2.53.